The number of carbonyl (C=O) groups excluding carboxylic acids is 1. The van der Waals surface area contributed by atoms with Gasteiger partial charge in [-0.25, -0.2) is 0 Å². The summed E-state index contributed by atoms with van der Waals surface area (Å²) < 4.78 is 0. The van der Waals surface area contributed by atoms with Gasteiger partial charge >= 0.3 is 5.97 Å². The molecule has 0 saturated heterocycles. The Morgan fingerprint density at radius 1 is 1.50 bits per heavy atom. The van der Waals surface area contributed by atoms with Gasteiger partial charge in [-0.2, -0.15) is 0 Å². The molecular weight excluding hydrogens is 206 g/mol. The predicted octanol–water partition coefficient (Wildman–Crippen LogP) is 1.80. The molecule has 0 amide bonds. The summed E-state index contributed by atoms with van der Waals surface area (Å²) in [7, 11) is 0. The summed E-state index contributed by atoms with van der Waals surface area (Å²) in [4.78, 5) is 23.0. The van der Waals surface area contributed by atoms with E-state index in [1.54, 1.807) is 18.2 Å². The maximum Gasteiger partial charge on any atom is 0.305 e. The molecule has 0 unspecified atom stereocenters. The van der Waals surface area contributed by atoms with E-state index in [9.17, 15) is 9.59 Å². The highest BCUT2D eigenvalue weighted by atomic mass is 16.4. The molecule has 0 fully saturated rings. The molecule has 0 aromatic heterocycles. The van der Waals surface area contributed by atoms with Gasteiger partial charge in [0.15, 0.2) is 0 Å². The van der Waals surface area contributed by atoms with Gasteiger partial charge < -0.3 is 10.0 Å². The first-order chi connectivity index (χ1) is 7.67. The third kappa shape index (κ3) is 3.38. The van der Waals surface area contributed by atoms with E-state index in [0.717, 1.165) is 18.5 Å². The monoisotopic (exact) mass is 221 g/mol. The topological polar surface area (TPSA) is 57.6 Å². The van der Waals surface area contributed by atoms with Crippen molar-refractivity contribution in [3.8, 4) is 0 Å². The first kappa shape index (κ1) is 12.2. The number of carboxylic acids is 1. The molecule has 1 aromatic carbocycles. The van der Waals surface area contributed by atoms with E-state index in [1.807, 2.05) is 17.9 Å². The Hall–Kier alpha value is -1.84. The summed E-state index contributed by atoms with van der Waals surface area (Å²) in [6.45, 7) is 3.12. The molecule has 4 heteroatoms. The van der Waals surface area contributed by atoms with Crippen molar-refractivity contribution in [2.45, 2.75) is 13.3 Å². The third-order valence-electron chi connectivity index (χ3n) is 2.35. The summed E-state index contributed by atoms with van der Waals surface area (Å²) in [5, 5.41) is 8.62. The molecule has 0 atom stereocenters. The average molecular weight is 221 g/mol. The number of nitrogens with zero attached hydrogens (tertiary/aromatic N) is 1. The molecule has 0 aliphatic rings. The smallest absolute Gasteiger partial charge is 0.305 e. The van der Waals surface area contributed by atoms with Crippen molar-refractivity contribution in [3.05, 3.63) is 29.8 Å². The minimum Gasteiger partial charge on any atom is -0.481 e. The highest BCUT2D eigenvalue weighted by Gasteiger charge is 2.06. The molecule has 0 aliphatic heterocycles. The SMILES string of the molecule is CCN(CCC(=O)O)c1cccc(C=O)c1. The Labute approximate surface area is 94.5 Å². The zero-order valence-electron chi connectivity index (χ0n) is 9.22. The van der Waals surface area contributed by atoms with Crippen molar-refractivity contribution in [2.24, 2.45) is 0 Å². The molecule has 0 heterocycles. The van der Waals surface area contributed by atoms with Crippen molar-refractivity contribution in [1.82, 2.24) is 0 Å². The number of aldehydes is 1. The van der Waals surface area contributed by atoms with Gasteiger partial charge in [-0.3, -0.25) is 9.59 Å². The highest BCUT2D eigenvalue weighted by Crippen LogP contribution is 2.15. The Morgan fingerprint density at radius 3 is 2.81 bits per heavy atom. The lowest BCUT2D eigenvalue weighted by Crippen LogP contribution is -2.25. The van der Waals surface area contributed by atoms with Crippen LogP contribution in [0, 0.1) is 0 Å². The van der Waals surface area contributed by atoms with Crippen LogP contribution in [0.4, 0.5) is 5.69 Å². The van der Waals surface area contributed by atoms with Crippen LogP contribution in [-0.2, 0) is 4.79 Å². The number of aliphatic carboxylic acids is 1. The lowest BCUT2D eigenvalue weighted by Gasteiger charge is -2.22. The Bertz CT molecular complexity index is 376. The standard InChI is InChI=1S/C12H15NO3/c1-2-13(7-6-12(15)16)11-5-3-4-10(8-11)9-14/h3-5,8-9H,2,6-7H2,1H3,(H,15,16). The first-order valence-corrected chi connectivity index (χ1v) is 5.19. The Kier molecular flexibility index (Phi) is 4.51. The van der Waals surface area contributed by atoms with Gasteiger partial charge in [0, 0.05) is 24.3 Å². The molecular formula is C12H15NO3. The van der Waals surface area contributed by atoms with Crippen molar-refractivity contribution in [3.63, 3.8) is 0 Å². The van der Waals surface area contributed by atoms with Crippen molar-refractivity contribution >= 4 is 17.9 Å². The predicted molar refractivity (Wildman–Crippen MR) is 62.0 cm³/mol. The summed E-state index contributed by atoms with van der Waals surface area (Å²) in [6.07, 6.45) is 0.883. The van der Waals surface area contributed by atoms with Gasteiger partial charge in [-0.15, -0.1) is 0 Å². The van der Waals surface area contributed by atoms with Crippen molar-refractivity contribution in [1.29, 1.82) is 0 Å². The highest BCUT2D eigenvalue weighted by molar-refractivity contribution is 5.77. The fraction of sp³-hybridized carbons (Fsp3) is 0.333. The van der Waals surface area contributed by atoms with Crippen LogP contribution < -0.4 is 4.90 Å². The Balaban J connectivity index is 2.77. The van der Waals surface area contributed by atoms with E-state index in [0.29, 0.717) is 12.1 Å². The van der Waals surface area contributed by atoms with Crippen molar-refractivity contribution < 1.29 is 14.7 Å². The van der Waals surface area contributed by atoms with Crippen LogP contribution in [0.15, 0.2) is 24.3 Å². The fourth-order valence-electron chi connectivity index (χ4n) is 1.50. The molecule has 0 bridgehead atoms. The quantitative estimate of drug-likeness (QED) is 0.744. The molecule has 0 spiro atoms. The minimum atomic E-state index is -0.815. The molecule has 1 aromatic rings. The first-order valence-electron chi connectivity index (χ1n) is 5.19. The zero-order chi connectivity index (χ0) is 12.0. The molecule has 86 valence electrons. The van der Waals surface area contributed by atoms with Gasteiger partial charge in [0.2, 0.25) is 0 Å². The summed E-state index contributed by atoms with van der Waals surface area (Å²) in [5.74, 6) is -0.815. The molecule has 4 nitrogen and oxygen atoms in total. The van der Waals surface area contributed by atoms with Gasteiger partial charge in [0.25, 0.3) is 0 Å². The lowest BCUT2D eigenvalue weighted by molar-refractivity contribution is -0.136. The second kappa shape index (κ2) is 5.90. The molecule has 0 saturated carbocycles. The van der Waals surface area contributed by atoms with Gasteiger partial charge in [0.1, 0.15) is 6.29 Å². The van der Waals surface area contributed by atoms with E-state index in [1.165, 1.54) is 0 Å². The number of rotatable bonds is 6. The van der Waals surface area contributed by atoms with Crippen LogP contribution in [0.5, 0.6) is 0 Å². The number of hydrogen-bond donors (Lipinski definition) is 1. The molecule has 0 radical (unpaired) electrons. The van der Waals surface area contributed by atoms with Crippen molar-refractivity contribution in [2.75, 3.05) is 18.0 Å². The number of carboxylic acid groups (broad SMARTS) is 1. The van der Waals surface area contributed by atoms with Crippen LogP contribution in [0.25, 0.3) is 0 Å². The summed E-state index contributed by atoms with van der Waals surface area (Å²) >= 11 is 0. The second-order valence-electron chi connectivity index (χ2n) is 3.44. The third-order valence-corrected chi connectivity index (χ3v) is 2.35. The van der Waals surface area contributed by atoms with Crippen LogP contribution in [-0.4, -0.2) is 30.5 Å². The van der Waals surface area contributed by atoms with Gasteiger partial charge in [-0.05, 0) is 19.1 Å². The molecule has 1 N–H and O–H groups in total. The minimum absolute atomic E-state index is 0.0964. The molecule has 1 rings (SSSR count). The molecule has 0 aliphatic carbocycles. The van der Waals surface area contributed by atoms with E-state index in [-0.39, 0.29) is 6.42 Å². The molecule has 16 heavy (non-hydrogen) atoms. The second-order valence-corrected chi connectivity index (χ2v) is 3.44. The fourth-order valence-corrected chi connectivity index (χ4v) is 1.50. The average Bonchev–Trinajstić information content (AvgIpc) is 2.30. The Morgan fingerprint density at radius 2 is 2.25 bits per heavy atom. The van der Waals surface area contributed by atoms with Gasteiger partial charge in [0.05, 0.1) is 6.42 Å². The van der Waals surface area contributed by atoms with E-state index < -0.39 is 5.97 Å². The van der Waals surface area contributed by atoms with E-state index >= 15 is 0 Å². The van der Waals surface area contributed by atoms with Crippen LogP contribution >= 0.6 is 0 Å². The van der Waals surface area contributed by atoms with Gasteiger partial charge in [-0.1, -0.05) is 12.1 Å². The lowest BCUT2D eigenvalue weighted by atomic mass is 10.2. The maximum absolute atomic E-state index is 10.6. The van der Waals surface area contributed by atoms with E-state index in [2.05, 4.69) is 0 Å². The summed E-state index contributed by atoms with van der Waals surface area (Å²) in [6, 6.07) is 7.15. The number of anilines is 1. The van der Waals surface area contributed by atoms with Crippen LogP contribution in [0.1, 0.15) is 23.7 Å². The summed E-state index contributed by atoms with van der Waals surface area (Å²) in [5.41, 5.74) is 1.49. The number of benzene rings is 1. The van der Waals surface area contributed by atoms with Crippen LogP contribution in [0.3, 0.4) is 0 Å². The number of hydrogen-bond acceptors (Lipinski definition) is 3. The largest absolute Gasteiger partial charge is 0.481 e. The maximum atomic E-state index is 10.6. The van der Waals surface area contributed by atoms with E-state index in [4.69, 9.17) is 5.11 Å². The zero-order valence-corrected chi connectivity index (χ0v) is 9.22. The van der Waals surface area contributed by atoms with Crippen LogP contribution in [0.2, 0.25) is 0 Å². The normalized spacial score (nSPS) is 9.81. The number of carbonyl (C=O) groups is 2.